The van der Waals surface area contributed by atoms with Gasteiger partial charge in [-0.15, -0.1) is 0 Å². The van der Waals surface area contributed by atoms with E-state index in [1.54, 1.807) is 20.1 Å². The van der Waals surface area contributed by atoms with Gasteiger partial charge >= 0.3 is 5.97 Å². The quantitative estimate of drug-likeness (QED) is 0.828. The number of esters is 1. The number of rotatable bonds is 4. The zero-order valence-corrected chi connectivity index (χ0v) is 10.9. The van der Waals surface area contributed by atoms with Crippen molar-refractivity contribution in [2.45, 2.75) is 6.92 Å². The summed E-state index contributed by atoms with van der Waals surface area (Å²) in [4.78, 5) is 14.7. The highest BCUT2D eigenvalue weighted by Gasteiger charge is 2.16. The van der Waals surface area contributed by atoms with E-state index in [1.807, 2.05) is 24.3 Å². The first kappa shape index (κ1) is 13.0. The van der Waals surface area contributed by atoms with Crippen LogP contribution in [0.15, 0.2) is 30.3 Å². The van der Waals surface area contributed by atoms with Crippen LogP contribution >= 0.6 is 0 Å². The fourth-order valence-electron chi connectivity index (χ4n) is 1.86. The van der Waals surface area contributed by atoms with Gasteiger partial charge in [-0.05, 0) is 25.1 Å². The summed E-state index contributed by atoms with van der Waals surface area (Å²) in [7, 11) is 1.59. The largest absolute Gasteiger partial charge is 0.496 e. The minimum absolute atomic E-state index is 0.291. The van der Waals surface area contributed by atoms with E-state index in [-0.39, 0.29) is 0 Å². The number of carbonyl (C=O) groups excluding carboxylic acids is 1. The van der Waals surface area contributed by atoms with E-state index in [9.17, 15) is 4.79 Å². The fraction of sp³-hybridized carbons (Fsp3) is 0.214. The Labute approximate surface area is 111 Å². The van der Waals surface area contributed by atoms with Crippen molar-refractivity contribution >= 4 is 11.8 Å². The van der Waals surface area contributed by atoms with E-state index in [2.05, 4.69) is 4.98 Å². The lowest BCUT2D eigenvalue weighted by Gasteiger charge is -2.05. The third kappa shape index (κ3) is 2.54. The lowest BCUT2D eigenvalue weighted by molar-refractivity contribution is 0.0528. The average Bonchev–Trinajstić information content (AvgIpc) is 2.81. The minimum atomic E-state index is -0.433. The molecule has 0 unspecified atom stereocenters. The van der Waals surface area contributed by atoms with E-state index in [0.717, 1.165) is 11.3 Å². The van der Waals surface area contributed by atoms with Gasteiger partial charge in [0.15, 0.2) is 0 Å². The normalized spacial score (nSPS) is 10.2. The molecule has 0 spiro atoms. The summed E-state index contributed by atoms with van der Waals surface area (Å²) >= 11 is 0. The molecule has 1 aromatic carbocycles. The highest BCUT2D eigenvalue weighted by Crippen LogP contribution is 2.31. The number of aromatic nitrogens is 1. The third-order valence-electron chi connectivity index (χ3n) is 2.74. The van der Waals surface area contributed by atoms with E-state index >= 15 is 0 Å². The van der Waals surface area contributed by atoms with Gasteiger partial charge in [-0.25, -0.2) is 4.79 Å². The third-order valence-corrected chi connectivity index (χ3v) is 2.74. The molecule has 100 valence electrons. The zero-order valence-electron chi connectivity index (χ0n) is 10.9. The first-order chi connectivity index (χ1) is 9.17. The molecular weight excluding hydrogens is 244 g/mol. The van der Waals surface area contributed by atoms with Crippen LogP contribution in [0.25, 0.3) is 11.3 Å². The summed E-state index contributed by atoms with van der Waals surface area (Å²) < 4.78 is 10.2. The van der Waals surface area contributed by atoms with E-state index in [1.165, 1.54) is 0 Å². The number of anilines is 1. The second-order valence-corrected chi connectivity index (χ2v) is 3.93. The molecule has 1 aromatic heterocycles. The van der Waals surface area contributed by atoms with Crippen LogP contribution in [0.1, 0.15) is 17.3 Å². The Hall–Kier alpha value is -2.43. The van der Waals surface area contributed by atoms with Crippen LogP contribution in [0.3, 0.4) is 0 Å². The Kier molecular flexibility index (Phi) is 3.75. The molecule has 0 atom stereocenters. The van der Waals surface area contributed by atoms with Crippen molar-refractivity contribution in [1.29, 1.82) is 0 Å². The Balaban J connectivity index is 2.42. The summed E-state index contributed by atoms with van der Waals surface area (Å²) in [5.41, 5.74) is 7.70. The van der Waals surface area contributed by atoms with Crippen molar-refractivity contribution in [3.8, 4) is 17.0 Å². The summed E-state index contributed by atoms with van der Waals surface area (Å²) in [6.07, 6.45) is 0. The first-order valence-corrected chi connectivity index (χ1v) is 5.96. The van der Waals surface area contributed by atoms with Gasteiger partial charge in [0.25, 0.3) is 0 Å². The van der Waals surface area contributed by atoms with Gasteiger partial charge in [-0.1, -0.05) is 12.1 Å². The van der Waals surface area contributed by atoms with Gasteiger partial charge in [0.2, 0.25) is 0 Å². The Morgan fingerprint density at radius 1 is 1.37 bits per heavy atom. The molecule has 0 radical (unpaired) electrons. The maximum Gasteiger partial charge on any atom is 0.341 e. The van der Waals surface area contributed by atoms with Crippen LogP contribution in [0.2, 0.25) is 0 Å². The Morgan fingerprint density at radius 2 is 2.11 bits per heavy atom. The molecule has 5 heteroatoms. The van der Waals surface area contributed by atoms with Crippen LogP contribution in [-0.4, -0.2) is 24.7 Å². The highest BCUT2D eigenvalue weighted by molar-refractivity contribution is 5.96. The van der Waals surface area contributed by atoms with Crippen molar-refractivity contribution in [3.05, 3.63) is 35.9 Å². The molecule has 0 fully saturated rings. The van der Waals surface area contributed by atoms with Crippen LogP contribution in [0, 0.1) is 0 Å². The number of hydrogen-bond donors (Lipinski definition) is 2. The van der Waals surface area contributed by atoms with Crippen molar-refractivity contribution in [1.82, 2.24) is 4.98 Å². The Morgan fingerprint density at radius 3 is 2.79 bits per heavy atom. The van der Waals surface area contributed by atoms with E-state index in [0.29, 0.717) is 23.7 Å². The van der Waals surface area contributed by atoms with Crippen molar-refractivity contribution in [2.24, 2.45) is 0 Å². The maximum absolute atomic E-state index is 11.7. The summed E-state index contributed by atoms with van der Waals surface area (Å²) in [5.74, 6) is 0.566. The van der Waals surface area contributed by atoms with Gasteiger partial charge in [0.1, 0.15) is 17.1 Å². The number of nitrogens with two attached hydrogens (primary N) is 1. The Bertz CT molecular complexity index is 590. The predicted octanol–water partition coefficient (Wildman–Crippen LogP) is 2.45. The van der Waals surface area contributed by atoms with Crippen molar-refractivity contribution in [2.75, 3.05) is 19.5 Å². The monoisotopic (exact) mass is 260 g/mol. The number of nitrogen functional groups attached to an aromatic ring is 1. The SMILES string of the molecule is CCOC(=O)c1cc(-c2ccccc2OC)[nH]c1N. The van der Waals surface area contributed by atoms with Gasteiger partial charge < -0.3 is 20.2 Å². The lowest BCUT2D eigenvalue weighted by atomic mass is 10.1. The number of para-hydroxylation sites is 1. The summed E-state index contributed by atoms with van der Waals surface area (Å²) in [6, 6.07) is 9.17. The molecule has 0 saturated carbocycles. The number of benzene rings is 1. The maximum atomic E-state index is 11.7. The molecule has 2 rings (SSSR count). The predicted molar refractivity (Wildman–Crippen MR) is 73.1 cm³/mol. The molecule has 2 aromatic rings. The second kappa shape index (κ2) is 5.48. The van der Waals surface area contributed by atoms with Crippen LogP contribution in [-0.2, 0) is 4.74 Å². The number of aromatic amines is 1. The number of H-pyrrole nitrogens is 1. The summed E-state index contributed by atoms with van der Waals surface area (Å²) in [6.45, 7) is 2.06. The fourth-order valence-corrected chi connectivity index (χ4v) is 1.86. The highest BCUT2D eigenvalue weighted by atomic mass is 16.5. The molecule has 0 saturated heterocycles. The standard InChI is InChI=1S/C14H16N2O3/c1-3-19-14(17)10-8-11(16-13(10)15)9-6-4-5-7-12(9)18-2/h4-8,16H,3,15H2,1-2H3. The molecule has 3 N–H and O–H groups in total. The van der Waals surface area contributed by atoms with Gasteiger partial charge in [-0.2, -0.15) is 0 Å². The van der Waals surface area contributed by atoms with Gasteiger partial charge in [0.05, 0.1) is 19.4 Å². The van der Waals surface area contributed by atoms with Gasteiger partial charge in [-0.3, -0.25) is 0 Å². The first-order valence-electron chi connectivity index (χ1n) is 5.96. The minimum Gasteiger partial charge on any atom is -0.496 e. The van der Waals surface area contributed by atoms with Crippen LogP contribution < -0.4 is 10.5 Å². The molecule has 0 aliphatic rings. The smallest absolute Gasteiger partial charge is 0.341 e. The molecule has 1 heterocycles. The van der Waals surface area contributed by atoms with E-state index in [4.69, 9.17) is 15.2 Å². The zero-order chi connectivity index (χ0) is 13.8. The molecule has 19 heavy (non-hydrogen) atoms. The molecule has 0 aliphatic carbocycles. The van der Waals surface area contributed by atoms with Crippen LogP contribution in [0.4, 0.5) is 5.82 Å². The number of nitrogens with one attached hydrogen (secondary N) is 1. The topological polar surface area (TPSA) is 77.3 Å². The van der Waals surface area contributed by atoms with E-state index < -0.39 is 5.97 Å². The molecule has 0 bridgehead atoms. The molecular formula is C14H16N2O3. The average molecular weight is 260 g/mol. The van der Waals surface area contributed by atoms with Crippen molar-refractivity contribution in [3.63, 3.8) is 0 Å². The molecule has 5 nitrogen and oxygen atoms in total. The van der Waals surface area contributed by atoms with Gasteiger partial charge in [0, 0.05) is 5.56 Å². The number of methoxy groups -OCH3 is 1. The molecule has 0 amide bonds. The van der Waals surface area contributed by atoms with Crippen molar-refractivity contribution < 1.29 is 14.3 Å². The second-order valence-electron chi connectivity index (χ2n) is 3.93. The number of ether oxygens (including phenoxy) is 2. The number of hydrogen-bond acceptors (Lipinski definition) is 4. The summed E-state index contributed by atoms with van der Waals surface area (Å²) in [5, 5.41) is 0. The van der Waals surface area contributed by atoms with Crippen LogP contribution in [0.5, 0.6) is 5.75 Å². The molecule has 0 aliphatic heterocycles. The lowest BCUT2D eigenvalue weighted by Crippen LogP contribution is -2.05. The number of carbonyl (C=O) groups is 1.